The Morgan fingerprint density at radius 2 is 2.22 bits per heavy atom. The Morgan fingerprint density at radius 1 is 1.61 bits per heavy atom. The lowest BCUT2D eigenvalue weighted by atomic mass is 10.3. The van der Waals surface area contributed by atoms with Crippen LogP contribution in [0.15, 0.2) is 6.07 Å². The second-order valence-electron chi connectivity index (χ2n) is 2.88. The average Bonchev–Trinajstić information content (AvgIpc) is 2.20. The lowest BCUT2D eigenvalue weighted by Crippen LogP contribution is -2.19. The summed E-state index contributed by atoms with van der Waals surface area (Å²) in [4.78, 5) is 12.9. The van der Waals surface area contributed by atoms with Crippen molar-refractivity contribution >= 4 is 28.3 Å². The van der Waals surface area contributed by atoms with Gasteiger partial charge in [0.1, 0.15) is 0 Å². The van der Waals surface area contributed by atoms with Crippen molar-refractivity contribution in [2.75, 3.05) is 0 Å². The van der Waals surface area contributed by atoms with E-state index in [-0.39, 0.29) is 15.7 Å². The summed E-state index contributed by atoms with van der Waals surface area (Å²) in [6.45, 7) is 0. The van der Waals surface area contributed by atoms with E-state index in [9.17, 15) is 23.3 Å². The quantitative estimate of drug-likeness (QED) is 0.462. The zero-order valence-electron chi connectivity index (χ0n) is 8.36. The monoisotopic (exact) mass is 373 g/mol. The molecule has 0 saturated carbocycles. The molecular weight excluding hydrogens is 370 g/mol. The van der Waals surface area contributed by atoms with Crippen LogP contribution in [-0.2, 0) is 6.42 Å². The van der Waals surface area contributed by atoms with Gasteiger partial charge in [0.15, 0.2) is 0 Å². The fourth-order valence-corrected chi connectivity index (χ4v) is 1.62. The van der Waals surface area contributed by atoms with Crippen molar-refractivity contribution in [1.82, 2.24) is 4.98 Å². The normalized spacial score (nSPS) is 10.8. The molecule has 0 bridgehead atoms. The molecule has 0 saturated heterocycles. The average molecular weight is 373 g/mol. The third-order valence-corrected chi connectivity index (χ3v) is 2.58. The summed E-state index contributed by atoms with van der Waals surface area (Å²) in [6, 6.07) is 2.57. The molecule has 0 fully saturated rings. The number of hydrogen-bond acceptors (Lipinski definition) is 5. The van der Waals surface area contributed by atoms with Gasteiger partial charge in [-0.2, -0.15) is 5.26 Å². The highest BCUT2D eigenvalue weighted by atomic mass is 127. The van der Waals surface area contributed by atoms with Gasteiger partial charge in [0, 0.05) is 9.64 Å². The Morgan fingerprint density at radius 3 is 2.67 bits per heavy atom. The molecular formula is C8H3F3IN3O3. The number of halogens is 4. The zero-order chi connectivity index (χ0) is 13.9. The highest BCUT2D eigenvalue weighted by molar-refractivity contribution is 14.1. The van der Waals surface area contributed by atoms with Crippen LogP contribution < -0.4 is 4.74 Å². The van der Waals surface area contributed by atoms with Crippen molar-refractivity contribution in [3.63, 3.8) is 0 Å². The van der Waals surface area contributed by atoms with Gasteiger partial charge in [0.2, 0.25) is 0 Å². The molecule has 1 aromatic heterocycles. The second kappa shape index (κ2) is 5.34. The molecule has 0 radical (unpaired) electrons. The maximum atomic E-state index is 12.1. The van der Waals surface area contributed by atoms with Crippen molar-refractivity contribution in [2.24, 2.45) is 0 Å². The Hall–Kier alpha value is -1.64. The van der Waals surface area contributed by atoms with Gasteiger partial charge in [-0.1, -0.05) is 0 Å². The molecule has 0 aliphatic carbocycles. The van der Waals surface area contributed by atoms with Gasteiger partial charge >= 0.3 is 17.9 Å². The summed E-state index contributed by atoms with van der Waals surface area (Å²) in [7, 11) is 0. The molecule has 0 aliphatic heterocycles. The minimum Gasteiger partial charge on any atom is -0.381 e. The van der Waals surface area contributed by atoms with Crippen LogP contribution in [0, 0.1) is 25.0 Å². The lowest BCUT2D eigenvalue weighted by Gasteiger charge is -2.09. The standard InChI is InChI=1S/C8H3F3IN3O3/c9-8(10,11)18-7-6(15(16)17)3-4(12)5(14-7)1-2-13/h3H,1H2. The number of alkyl halides is 3. The van der Waals surface area contributed by atoms with E-state index in [1.807, 2.05) is 0 Å². The van der Waals surface area contributed by atoms with Gasteiger partial charge in [0.25, 0.3) is 0 Å². The van der Waals surface area contributed by atoms with Crippen LogP contribution in [-0.4, -0.2) is 16.3 Å². The smallest absolute Gasteiger partial charge is 0.381 e. The van der Waals surface area contributed by atoms with Crippen molar-refractivity contribution in [3.05, 3.63) is 25.4 Å². The van der Waals surface area contributed by atoms with Gasteiger partial charge in [-0.05, 0) is 22.6 Å². The molecule has 1 heterocycles. The van der Waals surface area contributed by atoms with Crippen molar-refractivity contribution < 1.29 is 22.8 Å². The molecule has 6 nitrogen and oxygen atoms in total. The molecule has 10 heteroatoms. The maximum absolute atomic E-state index is 12.1. The molecule has 0 N–H and O–H groups in total. The van der Waals surface area contributed by atoms with Crippen molar-refractivity contribution in [3.8, 4) is 11.9 Å². The molecule has 96 valence electrons. The first-order valence-electron chi connectivity index (χ1n) is 4.21. The molecule has 1 aromatic rings. The van der Waals surface area contributed by atoms with E-state index in [0.717, 1.165) is 6.07 Å². The number of nitro groups is 1. The van der Waals surface area contributed by atoms with Gasteiger partial charge < -0.3 is 4.74 Å². The number of nitriles is 1. The Labute approximate surface area is 112 Å². The fraction of sp³-hybridized carbons (Fsp3) is 0.250. The maximum Gasteiger partial charge on any atom is 0.574 e. The first kappa shape index (κ1) is 14.4. The van der Waals surface area contributed by atoms with Crippen LogP contribution >= 0.6 is 22.6 Å². The molecule has 0 aromatic carbocycles. The van der Waals surface area contributed by atoms with E-state index in [0.29, 0.717) is 0 Å². The summed E-state index contributed by atoms with van der Waals surface area (Å²) >= 11 is 1.64. The number of ether oxygens (including phenoxy) is 1. The number of hydrogen-bond donors (Lipinski definition) is 0. The predicted octanol–water partition coefficient (Wildman–Crippen LogP) is 2.56. The Balaban J connectivity index is 3.31. The first-order valence-corrected chi connectivity index (χ1v) is 5.29. The van der Waals surface area contributed by atoms with Gasteiger partial charge in [0.05, 0.1) is 23.1 Å². The fourth-order valence-electron chi connectivity index (χ4n) is 1.01. The van der Waals surface area contributed by atoms with E-state index < -0.39 is 22.9 Å². The molecule has 0 atom stereocenters. The summed E-state index contributed by atoms with van der Waals surface area (Å²) in [5.41, 5.74) is -0.915. The SMILES string of the molecule is N#CCc1nc(OC(F)(F)F)c([N+](=O)[O-])cc1I. The van der Waals surface area contributed by atoms with E-state index >= 15 is 0 Å². The van der Waals surface area contributed by atoms with Crippen LogP contribution in [0.3, 0.4) is 0 Å². The van der Waals surface area contributed by atoms with E-state index in [2.05, 4.69) is 9.72 Å². The third-order valence-electron chi connectivity index (χ3n) is 1.65. The van der Waals surface area contributed by atoms with Gasteiger partial charge in [-0.25, -0.2) is 4.98 Å². The predicted molar refractivity (Wildman–Crippen MR) is 59.6 cm³/mol. The minimum absolute atomic E-state index is 0.0112. The lowest BCUT2D eigenvalue weighted by molar-refractivity contribution is -0.389. The molecule has 0 spiro atoms. The first-order chi connectivity index (χ1) is 8.24. The number of aromatic nitrogens is 1. The van der Waals surface area contributed by atoms with E-state index in [1.54, 1.807) is 28.7 Å². The summed E-state index contributed by atoms with van der Waals surface area (Å²) in [6.07, 6.45) is -5.36. The Bertz CT molecular complexity index is 527. The highest BCUT2D eigenvalue weighted by Gasteiger charge is 2.36. The zero-order valence-corrected chi connectivity index (χ0v) is 10.5. The molecule has 0 unspecified atom stereocenters. The van der Waals surface area contributed by atoms with Gasteiger partial charge in [-0.3, -0.25) is 10.1 Å². The van der Waals surface area contributed by atoms with E-state index in [4.69, 9.17) is 5.26 Å². The topological polar surface area (TPSA) is 89.0 Å². The van der Waals surface area contributed by atoms with Crippen LogP contribution in [0.1, 0.15) is 5.69 Å². The van der Waals surface area contributed by atoms with Crippen LogP contribution in [0.5, 0.6) is 5.88 Å². The summed E-state index contributed by atoms with van der Waals surface area (Å²) in [5, 5.41) is 19.0. The van der Waals surface area contributed by atoms with Crippen LogP contribution in [0.4, 0.5) is 18.9 Å². The van der Waals surface area contributed by atoms with Gasteiger partial charge in [-0.15, -0.1) is 13.2 Å². The molecule has 0 aliphatic rings. The third kappa shape index (κ3) is 3.69. The second-order valence-corrected chi connectivity index (χ2v) is 4.04. The number of nitrogens with zero attached hydrogens (tertiary/aromatic N) is 3. The molecule has 1 rings (SSSR count). The van der Waals surface area contributed by atoms with Crippen molar-refractivity contribution in [2.45, 2.75) is 12.8 Å². The number of rotatable bonds is 3. The number of pyridine rings is 1. The summed E-state index contributed by atoms with van der Waals surface area (Å²) in [5.74, 6) is -1.17. The molecule has 18 heavy (non-hydrogen) atoms. The largest absolute Gasteiger partial charge is 0.574 e. The van der Waals surface area contributed by atoms with E-state index in [1.165, 1.54) is 0 Å². The van der Waals surface area contributed by atoms with Crippen LogP contribution in [0.2, 0.25) is 0 Å². The highest BCUT2D eigenvalue weighted by Crippen LogP contribution is 2.32. The minimum atomic E-state index is -5.09. The Kier molecular flexibility index (Phi) is 4.28. The molecule has 0 amide bonds. The summed E-state index contributed by atoms with van der Waals surface area (Å²) < 4.78 is 39.8. The van der Waals surface area contributed by atoms with Crippen molar-refractivity contribution in [1.29, 1.82) is 5.26 Å². The van der Waals surface area contributed by atoms with Crippen LogP contribution in [0.25, 0.3) is 0 Å².